The average Bonchev–Trinajstić information content (AvgIpc) is 2.45. The topological polar surface area (TPSA) is 76.7 Å². The molecule has 0 radical (unpaired) electrons. The molecule has 2 N–H and O–H groups in total. The SMILES string of the molecule is CCOc1ccccc1OCC(=O)NNC(=O)CSC. The summed E-state index contributed by atoms with van der Waals surface area (Å²) in [5.74, 6) is 0.648. The molecule has 0 saturated carbocycles. The number of rotatable bonds is 7. The lowest BCUT2D eigenvalue weighted by Gasteiger charge is -2.11. The summed E-state index contributed by atoms with van der Waals surface area (Å²) in [6.07, 6.45) is 1.80. The zero-order valence-electron chi connectivity index (χ0n) is 11.5. The van der Waals surface area contributed by atoms with Crippen molar-refractivity contribution >= 4 is 23.6 Å². The van der Waals surface area contributed by atoms with Crippen LogP contribution in [0.2, 0.25) is 0 Å². The van der Waals surface area contributed by atoms with Crippen LogP contribution in [0.5, 0.6) is 11.5 Å². The zero-order chi connectivity index (χ0) is 14.8. The van der Waals surface area contributed by atoms with Gasteiger partial charge in [0.05, 0.1) is 12.4 Å². The number of benzene rings is 1. The minimum Gasteiger partial charge on any atom is -0.490 e. The third kappa shape index (κ3) is 5.83. The number of hydrogen-bond acceptors (Lipinski definition) is 5. The molecule has 6 nitrogen and oxygen atoms in total. The molecule has 0 atom stereocenters. The van der Waals surface area contributed by atoms with E-state index in [1.165, 1.54) is 11.8 Å². The van der Waals surface area contributed by atoms with Gasteiger partial charge >= 0.3 is 0 Å². The second-order valence-electron chi connectivity index (χ2n) is 3.70. The lowest BCUT2D eigenvalue weighted by atomic mass is 10.3. The molecule has 2 amide bonds. The molecule has 0 spiro atoms. The van der Waals surface area contributed by atoms with Gasteiger partial charge in [0.25, 0.3) is 5.91 Å². The number of hydrogen-bond donors (Lipinski definition) is 2. The highest BCUT2D eigenvalue weighted by molar-refractivity contribution is 7.99. The van der Waals surface area contributed by atoms with Crippen LogP contribution in [0, 0.1) is 0 Å². The first-order chi connectivity index (χ1) is 9.67. The summed E-state index contributed by atoms with van der Waals surface area (Å²) >= 11 is 1.37. The van der Waals surface area contributed by atoms with E-state index in [4.69, 9.17) is 9.47 Å². The van der Waals surface area contributed by atoms with Crippen LogP contribution >= 0.6 is 11.8 Å². The Balaban J connectivity index is 2.39. The third-order valence-electron chi connectivity index (χ3n) is 2.12. The second-order valence-corrected chi connectivity index (χ2v) is 4.56. The van der Waals surface area contributed by atoms with E-state index in [1.807, 2.05) is 13.0 Å². The van der Waals surface area contributed by atoms with Crippen molar-refractivity contribution in [3.63, 3.8) is 0 Å². The molecule has 0 bridgehead atoms. The molecule has 0 aliphatic rings. The van der Waals surface area contributed by atoms with Crippen molar-refractivity contribution in [2.24, 2.45) is 0 Å². The van der Waals surface area contributed by atoms with Crippen molar-refractivity contribution in [3.8, 4) is 11.5 Å². The van der Waals surface area contributed by atoms with Crippen LogP contribution in [0.15, 0.2) is 24.3 Å². The van der Waals surface area contributed by atoms with E-state index in [9.17, 15) is 9.59 Å². The Morgan fingerprint density at radius 3 is 2.30 bits per heavy atom. The average molecular weight is 298 g/mol. The van der Waals surface area contributed by atoms with E-state index < -0.39 is 5.91 Å². The van der Waals surface area contributed by atoms with Crippen molar-refractivity contribution < 1.29 is 19.1 Å². The summed E-state index contributed by atoms with van der Waals surface area (Å²) in [4.78, 5) is 22.6. The monoisotopic (exact) mass is 298 g/mol. The van der Waals surface area contributed by atoms with E-state index in [2.05, 4.69) is 10.9 Å². The van der Waals surface area contributed by atoms with Gasteiger partial charge in [-0.15, -0.1) is 0 Å². The molecule has 0 heterocycles. The van der Waals surface area contributed by atoms with Gasteiger partial charge in [-0.25, -0.2) is 0 Å². The van der Waals surface area contributed by atoms with E-state index in [-0.39, 0.29) is 18.3 Å². The molecule has 0 aliphatic heterocycles. The molecule has 7 heteroatoms. The van der Waals surface area contributed by atoms with Gasteiger partial charge in [0, 0.05) is 0 Å². The molecule has 1 aromatic carbocycles. The first kappa shape index (κ1) is 16.2. The molecule has 0 fully saturated rings. The van der Waals surface area contributed by atoms with E-state index in [1.54, 1.807) is 24.5 Å². The Hall–Kier alpha value is -1.89. The Kier molecular flexibility index (Phi) is 7.34. The standard InChI is InChI=1S/C13H18N2O4S/c1-3-18-10-6-4-5-7-11(10)19-8-12(16)14-15-13(17)9-20-2/h4-7H,3,8-9H2,1-2H3,(H,14,16)(H,15,17). The van der Waals surface area contributed by atoms with Gasteiger partial charge in [0.1, 0.15) is 0 Å². The highest BCUT2D eigenvalue weighted by atomic mass is 32.2. The molecule has 0 aliphatic carbocycles. The summed E-state index contributed by atoms with van der Waals surface area (Å²) in [6.45, 7) is 2.17. The van der Waals surface area contributed by atoms with E-state index >= 15 is 0 Å². The van der Waals surface area contributed by atoms with Gasteiger partial charge < -0.3 is 9.47 Å². The second kappa shape index (κ2) is 9.08. The van der Waals surface area contributed by atoms with Crippen LogP contribution in [-0.2, 0) is 9.59 Å². The lowest BCUT2D eigenvalue weighted by molar-refractivity contribution is -0.128. The van der Waals surface area contributed by atoms with Gasteiger partial charge in [-0.2, -0.15) is 11.8 Å². The third-order valence-corrected chi connectivity index (χ3v) is 2.68. The molecule has 1 aromatic rings. The maximum atomic E-state index is 11.5. The number of para-hydroxylation sites is 2. The van der Waals surface area contributed by atoms with Crippen LogP contribution in [-0.4, -0.2) is 37.0 Å². The predicted octanol–water partition coefficient (Wildman–Crippen LogP) is 0.974. The lowest BCUT2D eigenvalue weighted by Crippen LogP contribution is -2.44. The molecule has 0 aromatic heterocycles. The zero-order valence-corrected chi connectivity index (χ0v) is 12.3. The number of carbonyl (C=O) groups is 2. The van der Waals surface area contributed by atoms with Crippen LogP contribution in [0.1, 0.15) is 6.92 Å². The number of ether oxygens (including phenoxy) is 2. The highest BCUT2D eigenvalue weighted by Gasteiger charge is 2.08. The van der Waals surface area contributed by atoms with Crippen LogP contribution < -0.4 is 20.3 Å². The largest absolute Gasteiger partial charge is 0.490 e. The Labute approximate surface area is 122 Å². The minimum atomic E-state index is -0.439. The van der Waals surface area contributed by atoms with Crippen molar-refractivity contribution in [3.05, 3.63) is 24.3 Å². The summed E-state index contributed by atoms with van der Waals surface area (Å²) < 4.78 is 10.7. The first-order valence-electron chi connectivity index (χ1n) is 6.08. The molecule has 0 saturated heterocycles. The Morgan fingerprint density at radius 2 is 1.70 bits per heavy atom. The number of hydrazine groups is 1. The van der Waals surface area contributed by atoms with Crippen LogP contribution in [0.4, 0.5) is 0 Å². The number of carbonyl (C=O) groups excluding carboxylic acids is 2. The van der Waals surface area contributed by atoms with Gasteiger partial charge in [-0.05, 0) is 25.3 Å². The van der Waals surface area contributed by atoms with Crippen molar-refractivity contribution in [2.75, 3.05) is 25.2 Å². The molecular formula is C13H18N2O4S. The molecule has 1 rings (SSSR count). The van der Waals surface area contributed by atoms with Crippen LogP contribution in [0.3, 0.4) is 0 Å². The summed E-state index contributed by atoms with van der Waals surface area (Å²) in [7, 11) is 0. The minimum absolute atomic E-state index is 0.205. The molecule has 0 unspecified atom stereocenters. The highest BCUT2D eigenvalue weighted by Crippen LogP contribution is 2.25. The van der Waals surface area contributed by atoms with Crippen LogP contribution in [0.25, 0.3) is 0 Å². The van der Waals surface area contributed by atoms with E-state index in [0.717, 1.165) is 0 Å². The summed E-state index contributed by atoms with van der Waals surface area (Å²) in [5, 5.41) is 0. The maximum Gasteiger partial charge on any atom is 0.276 e. The summed E-state index contributed by atoms with van der Waals surface area (Å²) in [5.41, 5.74) is 4.56. The van der Waals surface area contributed by atoms with Crippen molar-refractivity contribution in [1.29, 1.82) is 0 Å². The fraction of sp³-hybridized carbons (Fsp3) is 0.385. The molecular weight excluding hydrogens is 280 g/mol. The number of thioether (sulfide) groups is 1. The predicted molar refractivity (Wildman–Crippen MR) is 77.8 cm³/mol. The maximum absolute atomic E-state index is 11.5. The Bertz CT molecular complexity index is 454. The first-order valence-corrected chi connectivity index (χ1v) is 7.48. The number of amides is 2. The Morgan fingerprint density at radius 1 is 1.10 bits per heavy atom. The fourth-order valence-electron chi connectivity index (χ4n) is 1.33. The van der Waals surface area contributed by atoms with Gasteiger partial charge in [-0.1, -0.05) is 12.1 Å². The number of nitrogens with one attached hydrogen (secondary N) is 2. The normalized spacial score (nSPS) is 9.70. The van der Waals surface area contributed by atoms with Gasteiger partial charge in [-0.3, -0.25) is 20.4 Å². The van der Waals surface area contributed by atoms with Gasteiger partial charge in [0.2, 0.25) is 5.91 Å². The smallest absolute Gasteiger partial charge is 0.276 e. The quantitative estimate of drug-likeness (QED) is 0.734. The van der Waals surface area contributed by atoms with Crippen molar-refractivity contribution in [2.45, 2.75) is 6.92 Å². The van der Waals surface area contributed by atoms with Crippen molar-refractivity contribution in [1.82, 2.24) is 10.9 Å². The fourth-order valence-corrected chi connectivity index (χ4v) is 1.66. The molecule has 110 valence electrons. The summed E-state index contributed by atoms with van der Waals surface area (Å²) in [6, 6.07) is 7.08. The molecule has 20 heavy (non-hydrogen) atoms. The van der Waals surface area contributed by atoms with E-state index in [0.29, 0.717) is 18.1 Å². The van der Waals surface area contributed by atoms with Gasteiger partial charge in [0.15, 0.2) is 18.1 Å².